The third kappa shape index (κ3) is 3.16. The fourth-order valence-electron chi connectivity index (χ4n) is 3.37. The second-order valence-electron chi connectivity index (χ2n) is 5.99. The van der Waals surface area contributed by atoms with Crippen molar-refractivity contribution in [1.82, 2.24) is 0 Å². The van der Waals surface area contributed by atoms with Crippen molar-refractivity contribution in [2.75, 3.05) is 12.3 Å². The molecule has 114 valence electrons. The van der Waals surface area contributed by atoms with E-state index in [0.29, 0.717) is 22.9 Å². The van der Waals surface area contributed by atoms with Crippen molar-refractivity contribution in [3.05, 3.63) is 28.8 Å². The smallest absolute Gasteiger partial charge is 0.340 e. The highest BCUT2D eigenvalue weighted by molar-refractivity contribution is 6.31. The third-order valence-electron chi connectivity index (χ3n) is 4.47. The Morgan fingerprint density at radius 1 is 1.38 bits per heavy atom. The van der Waals surface area contributed by atoms with Crippen LogP contribution in [-0.4, -0.2) is 24.3 Å². The fourth-order valence-corrected chi connectivity index (χ4v) is 3.54. The molecule has 1 atom stereocenters. The molecule has 2 fully saturated rings. The average Bonchev–Trinajstić information content (AvgIpc) is 2.89. The molecular weight excluding hydrogens is 290 g/mol. The van der Waals surface area contributed by atoms with Crippen LogP contribution in [0.2, 0.25) is 5.02 Å². The Morgan fingerprint density at radius 3 is 2.90 bits per heavy atom. The van der Waals surface area contributed by atoms with Crippen molar-refractivity contribution in [1.29, 1.82) is 0 Å². The normalized spacial score (nSPS) is 24.1. The largest absolute Gasteiger partial charge is 0.459 e. The number of anilines is 1. The second kappa shape index (κ2) is 5.85. The lowest BCUT2D eigenvalue weighted by Gasteiger charge is -2.37. The molecule has 1 saturated heterocycles. The summed E-state index contributed by atoms with van der Waals surface area (Å²) in [6.07, 6.45) is 5.97. The summed E-state index contributed by atoms with van der Waals surface area (Å²) in [6, 6.07) is 4.85. The van der Waals surface area contributed by atoms with Gasteiger partial charge in [0.05, 0.1) is 17.8 Å². The van der Waals surface area contributed by atoms with E-state index in [4.69, 9.17) is 26.8 Å². The predicted octanol–water partition coefficient (Wildman–Crippen LogP) is 3.57. The lowest BCUT2D eigenvalue weighted by atomic mass is 9.90. The molecule has 1 aliphatic heterocycles. The molecule has 0 amide bonds. The molecule has 2 aliphatic rings. The first-order valence-electron chi connectivity index (χ1n) is 7.48. The van der Waals surface area contributed by atoms with Crippen LogP contribution >= 0.6 is 11.6 Å². The Kier molecular flexibility index (Phi) is 4.09. The van der Waals surface area contributed by atoms with E-state index in [0.717, 1.165) is 25.7 Å². The van der Waals surface area contributed by atoms with Gasteiger partial charge in [-0.15, -0.1) is 0 Å². The number of hydrogen-bond donors (Lipinski definition) is 1. The molecule has 1 unspecified atom stereocenters. The number of nitrogens with two attached hydrogens (primary N) is 1. The quantitative estimate of drug-likeness (QED) is 0.670. The van der Waals surface area contributed by atoms with Gasteiger partial charge in [0, 0.05) is 23.6 Å². The maximum Gasteiger partial charge on any atom is 0.340 e. The van der Waals surface area contributed by atoms with Crippen LogP contribution in [0, 0.1) is 0 Å². The minimum atomic E-state index is -0.393. The van der Waals surface area contributed by atoms with Crippen LogP contribution in [0.15, 0.2) is 18.2 Å². The highest BCUT2D eigenvalue weighted by atomic mass is 35.5. The van der Waals surface area contributed by atoms with Gasteiger partial charge in [-0.2, -0.15) is 0 Å². The SMILES string of the molecule is Nc1ccc(Cl)cc1C(=O)OC1CCOC2(CCCC2)C1. The van der Waals surface area contributed by atoms with Crippen LogP contribution in [0.5, 0.6) is 0 Å². The molecule has 1 aliphatic carbocycles. The molecule has 3 rings (SSSR count). The van der Waals surface area contributed by atoms with Gasteiger partial charge in [0.1, 0.15) is 6.10 Å². The Balaban J connectivity index is 1.68. The number of esters is 1. The van der Waals surface area contributed by atoms with Crippen molar-refractivity contribution in [2.24, 2.45) is 0 Å². The molecule has 0 aromatic heterocycles. The molecule has 1 saturated carbocycles. The molecule has 1 heterocycles. The lowest BCUT2D eigenvalue weighted by molar-refractivity contribution is -0.117. The van der Waals surface area contributed by atoms with Crippen LogP contribution in [0.4, 0.5) is 5.69 Å². The molecule has 21 heavy (non-hydrogen) atoms. The van der Waals surface area contributed by atoms with E-state index in [1.807, 2.05) is 0 Å². The van der Waals surface area contributed by atoms with Crippen LogP contribution in [0.3, 0.4) is 0 Å². The average molecular weight is 310 g/mol. The summed E-state index contributed by atoms with van der Waals surface area (Å²) in [5.41, 5.74) is 6.50. The zero-order valence-corrected chi connectivity index (χ0v) is 12.7. The number of carbonyl (C=O) groups is 1. The van der Waals surface area contributed by atoms with Gasteiger partial charge in [-0.3, -0.25) is 0 Å². The first kappa shape index (κ1) is 14.7. The summed E-state index contributed by atoms with van der Waals surface area (Å²) in [7, 11) is 0. The summed E-state index contributed by atoms with van der Waals surface area (Å²) < 4.78 is 11.6. The van der Waals surface area contributed by atoms with Crippen molar-refractivity contribution in [3.8, 4) is 0 Å². The zero-order chi connectivity index (χ0) is 14.9. The van der Waals surface area contributed by atoms with Crippen LogP contribution < -0.4 is 5.73 Å². The van der Waals surface area contributed by atoms with E-state index in [2.05, 4.69) is 0 Å². The van der Waals surface area contributed by atoms with Gasteiger partial charge in [0.25, 0.3) is 0 Å². The Hall–Kier alpha value is -1.26. The topological polar surface area (TPSA) is 61.6 Å². The van der Waals surface area contributed by atoms with Crippen molar-refractivity contribution in [2.45, 2.75) is 50.2 Å². The number of benzene rings is 1. The number of rotatable bonds is 2. The molecule has 1 aromatic carbocycles. The predicted molar refractivity (Wildman–Crippen MR) is 81.5 cm³/mol. The van der Waals surface area contributed by atoms with Crippen LogP contribution in [0.1, 0.15) is 48.9 Å². The minimum Gasteiger partial charge on any atom is -0.459 e. The maximum absolute atomic E-state index is 12.3. The molecule has 0 radical (unpaired) electrons. The maximum atomic E-state index is 12.3. The number of nitrogen functional groups attached to an aromatic ring is 1. The number of hydrogen-bond acceptors (Lipinski definition) is 4. The summed E-state index contributed by atoms with van der Waals surface area (Å²) in [4.78, 5) is 12.3. The monoisotopic (exact) mass is 309 g/mol. The van der Waals surface area contributed by atoms with Gasteiger partial charge in [0.2, 0.25) is 0 Å². The minimum absolute atomic E-state index is 0.0664. The fraction of sp³-hybridized carbons (Fsp3) is 0.562. The van der Waals surface area contributed by atoms with E-state index < -0.39 is 5.97 Å². The first-order chi connectivity index (χ1) is 10.1. The van der Waals surface area contributed by atoms with Crippen LogP contribution in [-0.2, 0) is 9.47 Å². The molecule has 2 N–H and O–H groups in total. The Morgan fingerprint density at radius 2 is 2.14 bits per heavy atom. The van der Waals surface area contributed by atoms with E-state index in [1.54, 1.807) is 18.2 Å². The van der Waals surface area contributed by atoms with Gasteiger partial charge < -0.3 is 15.2 Å². The molecule has 0 bridgehead atoms. The van der Waals surface area contributed by atoms with Crippen LogP contribution in [0.25, 0.3) is 0 Å². The van der Waals surface area contributed by atoms with E-state index in [9.17, 15) is 4.79 Å². The number of carbonyl (C=O) groups excluding carboxylic acids is 1. The molecule has 1 spiro atoms. The molecule has 1 aromatic rings. The van der Waals surface area contributed by atoms with Gasteiger partial charge >= 0.3 is 5.97 Å². The van der Waals surface area contributed by atoms with Gasteiger partial charge in [-0.1, -0.05) is 24.4 Å². The Bertz CT molecular complexity index is 540. The molecule has 4 nitrogen and oxygen atoms in total. The summed E-state index contributed by atoms with van der Waals surface area (Å²) in [5.74, 6) is -0.393. The van der Waals surface area contributed by atoms with Crippen molar-refractivity contribution in [3.63, 3.8) is 0 Å². The number of ether oxygens (including phenoxy) is 2. The van der Waals surface area contributed by atoms with Gasteiger partial charge in [0.15, 0.2) is 0 Å². The van der Waals surface area contributed by atoms with E-state index in [1.165, 1.54) is 12.8 Å². The molecular formula is C16H20ClNO3. The standard InChI is InChI=1S/C16H20ClNO3/c17-11-3-4-14(18)13(9-11)15(19)21-12-5-8-20-16(10-12)6-1-2-7-16/h3-4,9,12H,1-2,5-8,10,18H2. The summed E-state index contributed by atoms with van der Waals surface area (Å²) in [5, 5.41) is 0.482. The Labute approximate surface area is 129 Å². The highest BCUT2D eigenvalue weighted by Gasteiger charge is 2.41. The first-order valence-corrected chi connectivity index (χ1v) is 7.86. The van der Waals surface area contributed by atoms with E-state index in [-0.39, 0.29) is 11.7 Å². The van der Waals surface area contributed by atoms with Gasteiger partial charge in [-0.05, 0) is 31.0 Å². The lowest BCUT2D eigenvalue weighted by Crippen LogP contribution is -2.41. The number of halogens is 1. The second-order valence-corrected chi connectivity index (χ2v) is 6.43. The van der Waals surface area contributed by atoms with E-state index >= 15 is 0 Å². The summed E-state index contributed by atoms with van der Waals surface area (Å²) >= 11 is 5.92. The summed E-state index contributed by atoms with van der Waals surface area (Å²) in [6.45, 7) is 0.656. The van der Waals surface area contributed by atoms with Crippen molar-refractivity contribution < 1.29 is 14.3 Å². The molecule has 5 heteroatoms. The van der Waals surface area contributed by atoms with Crippen molar-refractivity contribution >= 4 is 23.3 Å². The highest BCUT2D eigenvalue weighted by Crippen LogP contribution is 2.40. The third-order valence-corrected chi connectivity index (χ3v) is 4.71. The van der Waals surface area contributed by atoms with Gasteiger partial charge in [-0.25, -0.2) is 4.79 Å². The zero-order valence-electron chi connectivity index (χ0n) is 11.9.